The number of hydrogen-bond acceptors (Lipinski definition) is 1. The third-order valence-corrected chi connectivity index (χ3v) is 6.11. The van der Waals surface area contributed by atoms with Crippen molar-refractivity contribution in [3.63, 3.8) is 0 Å². The zero-order valence-electron chi connectivity index (χ0n) is 21.7. The molecule has 4 aromatic rings. The average Bonchev–Trinajstić information content (AvgIpc) is 2.89. The minimum atomic E-state index is -5.48. The summed E-state index contributed by atoms with van der Waals surface area (Å²) in [5.41, 5.74) is -2.65. The molecule has 0 amide bonds. The van der Waals surface area contributed by atoms with Crippen LogP contribution in [0.15, 0.2) is 79.4 Å². The number of halogens is 10. The van der Waals surface area contributed by atoms with Crippen LogP contribution in [0.2, 0.25) is 0 Å². The summed E-state index contributed by atoms with van der Waals surface area (Å²) >= 11 is 0. The molecule has 0 aromatic heterocycles. The van der Waals surface area contributed by atoms with E-state index in [2.05, 4.69) is 23.2 Å². The van der Waals surface area contributed by atoms with Gasteiger partial charge in [-0.1, -0.05) is 48.2 Å². The minimum absolute atomic E-state index is 0.156. The molecule has 0 bridgehead atoms. The molecule has 0 N–H and O–H groups in total. The predicted octanol–water partition coefficient (Wildman–Crippen LogP) is 9.71. The van der Waals surface area contributed by atoms with Crippen LogP contribution in [0.5, 0.6) is 5.75 Å². The zero-order chi connectivity index (χ0) is 31.5. The van der Waals surface area contributed by atoms with Crippen molar-refractivity contribution in [1.29, 1.82) is 0 Å². The smallest absolute Gasteiger partial charge is 0.429 e. The minimum Gasteiger partial charge on any atom is -0.429 e. The molecule has 0 aliphatic carbocycles. The van der Waals surface area contributed by atoms with Gasteiger partial charge in [-0.15, -0.1) is 6.58 Å². The molecular formula is C32H18F10O. The van der Waals surface area contributed by atoms with Crippen LogP contribution in [-0.2, 0) is 18.7 Å². The van der Waals surface area contributed by atoms with Crippen LogP contribution >= 0.6 is 0 Å². The van der Waals surface area contributed by atoms with Gasteiger partial charge in [0.2, 0.25) is 0 Å². The molecule has 0 aliphatic heterocycles. The normalized spacial score (nSPS) is 11.6. The maximum atomic E-state index is 14.7. The highest BCUT2D eigenvalue weighted by molar-refractivity contribution is 5.65. The predicted molar refractivity (Wildman–Crippen MR) is 139 cm³/mol. The molecule has 1 nitrogen and oxygen atoms in total. The Morgan fingerprint density at radius 1 is 0.651 bits per heavy atom. The number of allylic oxidation sites excluding steroid dienone is 1. The molecule has 0 saturated carbocycles. The van der Waals surface area contributed by atoms with Gasteiger partial charge >= 0.3 is 12.3 Å². The molecule has 0 saturated heterocycles. The van der Waals surface area contributed by atoms with Crippen molar-refractivity contribution in [2.75, 3.05) is 0 Å². The summed E-state index contributed by atoms with van der Waals surface area (Å²) in [6.07, 6.45) is -6.99. The first-order valence-corrected chi connectivity index (χ1v) is 12.3. The van der Waals surface area contributed by atoms with E-state index in [-0.39, 0.29) is 17.7 Å². The summed E-state index contributed by atoms with van der Waals surface area (Å²) in [5.74, 6) is -5.93. The van der Waals surface area contributed by atoms with Gasteiger partial charge in [0.05, 0.1) is 5.56 Å². The Bertz CT molecular complexity index is 1680. The van der Waals surface area contributed by atoms with Crippen molar-refractivity contribution >= 4 is 0 Å². The lowest BCUT2D eigenvalue weighted by molar-refractivity contribution is -0.189. The number of rotatable bonds is 7. The van der Waals surface area contributed by atoms with E-state index in [1.54, 1.807) is 12.1 Å². The van der Waals surface area contributed by atoms with Crippen molar-refractivity contribution in [3.05, 3.63) is 136 Å². The highest BCUT2D eigenvalue weighted by Crippen LogP contribution is 2.39. The van der Waals surface area contributed by atoms with Crippen LogP contribution in [0.25, 0.3) is 11.1 Å². The summed E-state index contributed by atoms with van der Waals surface area (Å²) in [4.78, 5) is 0. The maximum absolute atomic E-state index is 14.7. The molecule has 43 heavy (non-hydrogen) atoms. The van der Waals surface area contributed by atoms with Crippen LogP contribution in [0.1, 0.15) is 34.2 Å². The molecule has 222 valence electrons. The molecule has 4 rings (SSSR count). The quantitative estimate of drug-likeness (QED) is 0.115. The Morgan fingerprint density at radius 3 is 1.74 bits per heavy atom. The molecule has 0 heterocycles. The molecule has 11 heteroatoms. The molecule has 0 atom stereocenters. The van der Waals surface area contributed by atoms with E-state index in [0.29, 0.717) is 17.7 Å². The Kier molecular flexibility index (Phi) is 8.90. The van der Waals surface area contributed by atoms with Gasteiger partial charge in [0.1, 0.15) is 46.0 Å². The molecule has 0 unspecified atom stereocenters. The Balaban J connectivity index is 1.55. The van der Waals surface area contributed by atoms with E-state index in [4.69, 9.17) is 0 Å². The van der Waals surface area contributed by atoms with E-state index in [0.717, 1.165) is 24.0 Å². The highest BCUT2D eigenvalue weighted by atomic mass is 19.4. The number of benzene rings is 4. The highest BCUT2D eigenvalue weighted by Gasteiger charge is 2.43. The van der Waals surface area contributed by atoms with Crippen LogP contribution in [-0.4, -0.2) is 0 Å². The van der Waals surface area contributed by atoms with Crippen LogP contribution in [0, 0.1) is 40.9 Å². The van der Waals surface area contributed by atoms with E-state index >= 15 is 0 Å². The van der Waals surface area contributed by atoms with Gasteiger partial charge in [0.15, 0.2) is 0 Å². The van der Waals surface area contributed by atoms with Gasteiger partial charge in [-0.2, -0.15) is 22.0 Å². The number of aryl methyl sites for hydroxylation is 1. The Morgan fingerprint density at radius 2 is 1.21 bits per heavy atom. The van der Waals surface area contributed by atoms with Gasteiger partial charge in [-0.25, -0.2) is 22.0 Å². The first kappa shape index (κ1) is 31.2. The lowest BCUT2D eigenvalue weighted by atomic mass is 10.0. The van der Waals surface area contributed by atoms with Crippen molar-refractivity contribution in [2.24, 2.45) is 0 Å². The monoisotopic (exact) mass is 608 g/mol. The second kappa shape index (κ2) is 12.3. The van der Waals surface area contributed by atoms with Gasteiger partial charge in [0, 0.05) is 17.7 Å². The maximum Gasteiger partial charge on any atom is 0.432 e. The average molecular weight is 608 g/mol. The van der Waals surface area contributed by atoms with E-state index in [1.165, 1.54) is 12.1 Å². The Hall–Kier alpha value is -4.72. The fraction of sp³-hybridized carbons (Fsp3) is 0.125. The zero-order valence-corrected chi connectivity index (χ0v) is 21.7. The summed E-state index contributed by atoms with van der Waals surface area (Å²) in [5, 5.41) is 0. The summed E-state index contributed by atoms with van der Waals surface area (Å²) in [6, 6.07) is 11.9. The van der Waals surface area contributed by atoms with E-state index in [1.807, 2.05) is 24.3 Å². The molecule has 0 spiro atoms. The fourth-order valence-electron chi connectivity index (χ4n) is 4.07. The third kappa shape index (κ3) is 7.20. The third-order valence-electron chi connectivity index (χ3n) is 6.11. The number of alkyl halides is 5. The standard InChI is InChI=1S/C32H18F10O/c1-2-3-4-18-5-8-20(9-6-18)22-12-11-21(24(33)15-22)10-7-19-13-25(34)30(26(35)14-19)32(41,42)43-23-16-27(36)29(28(37)17-23)31(38,39)40/h2,5-6,8-9,11-17H,1,3-4H2. The van der Waals surface area contributed by atoms with Gasteiger partial charge in [-0.3, -0.25) is 0 Å². The second-order valence-corrected chi connectivity index (χ2v) is 9.16. The van der Waals surface area contributed by atoms with Crippen molar-refractivity contribution < 1.29 is 48.6 Å². The fourth-order valence-corrected chi connectivity index (χ4v) is 4.07. The van der Waals surface area contributed by atoms with Crippen molar-refractivity contribution in [1.82, 2.24) is 0 Å². The van der Waals surface area contributed by atoms with Gasteiger partial charge < -0.3 is 4.74 Å². The number of ether oxygens (including phenoxy) is 1. The number of hydrogen-bond donors (Lipinski definition) is 0. The molecule has 4 aromatic carbocycles. The van der Waals surface area contributed by atoms with Crippen LogP contribution in [0.3, 0.4) is 0 Å². The summed E-state index contributed by atoms with van der Waals surface area (Å²) in [7, 11) is 0. The SMILES string of the molecule is C=CCCc1ccc(-c2ccc(C#Cc3cc(F)c(C(F)(F)Oc4cc(F)c(C(F)(F)F)c(F)c4)c(F)c3)c(F)c2)cc1. The molecular weight excluding hydrogens is 590 g/mol. The molecule has 0 aliphatic rings. The van der Waals surface area contributed by atoms with E-state index < -0.39 is 63.8 Å². The summed E-state index contributed by atoms with van der Waals surface area (Å²) < 4.78 is 143. The van der Waals surface area contributed by atoms with Gasteiger partial charge in [-0.05, 0) is 53.8 Å². The first-order chi connectivity index (χ1) is 20.2. The lowest BCUT2D eigenvalue weighted by Crippen LogP contribution is -2.25. The largest absolute Gasteiger partial charge is 0.432 e. The van der Waals surface area contributed by atoms with Crippen molar-refractivity contribution in [2.45, 2.75) is 25.1 Å². The van der Waals surface area contributed by atoms with Gasteiger partial charge in [0.25, 0.3) is 0 Å². The van der Waals surface area contributed by atoms with E-state index in [9.17, 15) is 43.9 Å². The van der Waals surface area contributed by atoms with Crippen LogP contribution in [0.4, 0.5) is 43.9 Å². The topological polar surface area (TPSA) is 9.23 Å². The van der Waals surface area contributed by atoms with Crippen LogP contribution < -0.4 is 4.74 Å². The lowest BCUT2D eigenvalue weighted by Gasteiger charge is -2.20. The Labute approximate surface area is 239 Å². The first-order valence-electron chi connectivity index (χ1n) is 12.3. The molecule has 0 radical (unpaired) electrons. The molecule has 0 fully saturated rings. The van der Waals surface area contributed by atoms with Crippen molar-refractivity contribution in [3.8, 4) is 28.7 Å². The second-order valence-electron chi connectivity index (χ2n) is 9.16. The summed E-state index contributed by atoms with van der Waals surface area (Å²) in [6.45, 7) is 3.67.